The van der Waals surface area contributed by atoms with Gasteiger partial charge in [0.2, 0.25) is 0 Å². The first-order chi connectivity index (χ1) is 15.8. The van der Waals surface area contributed by atoms with Crippen LogP contribution in [0.25, 0.3) is 22.5 Å². The number of hydrogen-bond donors (Lipinski definition) is 0. The van der Waals surface area contributed by atoms with Gasteiger partial charge >= 0.3 is 0 Å². The SMILES string of the molecule is O=C(c1ccccc1)c1c(-c2ccccc2)oc(Cc2ccccc2)c1-c1ccccc1. The summed E-state index contributed by atoms with van der Waals surface area (Å²) >= 11 is 0. The van der Waals surface area contributed by atoms with Crippen molar-refractivity contribution in [2.45, 2.75) is 6.42 Å². The zero-order valence-electron chi connectivity index (χ0n) is 17.6. The summed E-state index contributed by atoms with van der Waals surface area (Å²) in [7, 11) is 0. The normalized spacial score (nSPS) is 10.8. The predicted molar refractivity (Wildman–Crippen MR) is 129 cm³/mol. The molecule has 2 heteroatoms. The van der Waals surface area contributed by atoms with Crippen LogP contribution in [0, 0.1) is 0 Å². The van der Waals surface area contributed by atoms with Gasteiger partial charge in [0.1, 0.15) is 11.5 Å². The molecule has 0 radical (unpaired) electrons. The molecule has 0 unspecified atom stereocenters. The van der Waals surface area contributed by atoms with E-state index in [9.17, 15) is 4.79 Å². The maximum absolute atomic E-state index is 13.8. The second-order valence-electron chi connectivity index (χ2n) is 7.69. The van der Waals surface area contributed by atoms with Crippen molar-refractivity contribution in [1.29, 1.82) is 0 Å². The van der Waals surface area contributed by atoms with Crippen molar-refractivity contribution in [2.75, 3.05) is 0 Å². The molecule has 0 aliphatic heterocycles. The van der Waals surface area contributed by atoms with E-state index in [-0.39, 0.29) is 5.78 Å². The van der Waals surface area contributed by atoms with E-state index < -0.39 is 0 Å². The molecular weight excluding hydrogens is 392 g/mol. The monoisotopic (exact) mass is 414 g/mol. The first-order valence-corrected chi connectivity index (χ1v) is 10.7. The van der Waals surface area contributed by atoms with Gasteiger partial charge in [0, 0.05) is 23.1 Å². The lowest BCUT2D eigenvalue weighted by molar-refractivity contribution is 0.103. The fourth-order valence-corrected chi connectivity index (χ4v) is 4.04. The summed E-state index contributed by atoms with van der Waals surface area (Å²) in [4.78, 5) is 13.8. The molecule has 0 aliphatic carbocycles. The average Bonchev–Trinajstić information content (AvgIpc) is 3.25. The molecule has 0 atom stereocenters. The van der Waals surface area contributed by atoms with Gasteiger partial charge in [0.25, 0.3) is 0 Å². The molecule has 0 fully saturated rings. The van der Waals surface area contributed by atoms with Gasteiger partial charge in [-0.1, -0.05) is 121 Å². The molecule has 154 valence electrons. The molecule has 5 rings (SSSR count). The van der Waals surface area contributed by atoms with Crippen LogP contribution in [0.5, 0.6) is 0 Å². The van der Waals surface area contributed by atoms with Crippen LogP contribution in [-0.4, -0.2) is 5.78 Å². The second kappa shape index (κ2) is 8.91. The van der Waals surface area contributed by atoms with Crippen LogP contribution in [0.3, 0.4) is 0 Å². The van der Waals surface area contributed by atoms with E-state index in [1.165, 1.54) is 0 Å². The van der Waals surface area contributed by atoms with Gasteiger partial charge in [-0.15, -0.1) is 0 Å². The van der Waals surface area contributed by atoms with E-state index in [0.29, 0.717) is 23.3 Å². The van der Waals surface area contributed by atoms with Gasteiger partial charge in [-0.2, -0.15) is 0 Å². The molecule has 5 aromatic rings. The van der Waals surface area contributed by atoms with Crippen LogP contribution in [0.2, 0.25) is 0 Å². The van der Waals surface area contributed by atoms with E-state index in [2.05, 4.69) is 12.1 Å². The van der Waals surface area contributed by atoms with Crippen molar-refractivity contribution in [2.24, 2.45) is 0 Å². The van der Waals surface area contributed by atoms with Gasteiger partial charge in [-0.3, -0.25) is 4.79 Å². The fraction of sp³-hybridized carbons (Fsp3) is 0.0333. The zero-order valence-corrected chi connectivity index (χ0v) is 17.6. The molecule has 32 heavy (non-hydrogen) atoms. The Morgan fingerprint density at radius 3 is 1.69 bits per heavy atom. The Hall–Kier alpha value is -4.17. The first kappa shape index (κ1) is 19.8. The summed E-state index contributed by atoms with van der Waals surface area (Å²) in [6.07, 6.45) is 0.604. The van der Waals surface area contributed by atoms with Crippen molar-refractivity contribution < 1.29 is 9.21 Å². The predicted octanol–water partition coefficient (Wildman–Crippen LogP) is 7.44. The van der Waals surface area contributed by atoms with Gasteiger partial charge < -0.3 is 4.42 Å². The molecule has 0 N–H and O–H groups in total. The van der Waals surface area contributed by atoms with E-state index in [1.807, 2.05) is 109 Å². The van der Waals surface area contributed by atoms with Crippen LogP contribution in [0.15, 0.2) is 126 Å². The number of hydrogen-bond acceptors (Lipinski definition) is 2. The summed E-state index contributed by atoms with van der Waals surface area (Å²) in [5.74, 6) is 1.37. The van der Waals surface area contributed by atoms with Crippen LogP contribution in [-0.2, 0) is 6.42 Å². The summed E-state index contributed by atoms with van der Waals surface area (Å²) in [6.45, 7) is 0. The smallest absolute Gasteiger partial charge is 0.197 e. The molecule has 0 saturated heterocycles. The zero-order chi connectivity index (χ0) is 21.8. The molecule has 0 amide bonds. The highest BCUT2D eigenvalue weighted by atomic mass is 16.3. The summed E-state index contributed by atoms with van der Waals surface area (Å²) in [5.41, 5.74) is 5.12. The van der Waals surface area contributed by atoms with Gasteiger partial charge in [0.05, 0.1) is 5.56 Å². The molecule has 4 aromatic carbocycles. The molecule has 2 nitrogen and oxygen atoms in total. The van der Waals surface area contributed by atoms with Crippen molar-refractivity contribution >= 4 is 5.78 Å². The minimum Gasteiger partial charge on any atom is -0.459 e. The standard InChI is InChI=1S/C30H22O2/c31-29(24-17-9-3-10-18-24)28-27(23-15-7-2-8-16-23)26(21-22-13-5-1-6-14-22)32-30(28)25-19-11-4-12-20-25/h1-20H,21H2. The molecular formula is C30H22O2. The lowest BCUT2D eigenvalue weighted by Crippen LogP contribution is -2.04. The van der Waals surface area contributed by atoms with Gasteiger partial charge in [-0.05, 0) is 11.1 Å². The van der Waals surface area contributed by atoms with E-state index in [1.54, 1.807) is 0 Å². The van der Waals surface area contributed by atoms with Crippen molar-refractivity contribution in [1.82, 2.24) is 0 Å². The maximum Gasteiger partial charge on any atom is 0.197 e. The molecule has 1 heterocycles. The van der Waals surface area contributed by atoms with Gasteiger partial charge in [0.15, 0.2) is 5.78 Å². The number of ketones is 1. The molecule has 0 bridgehead atoms. The quantitative estimate of drug-likeness (QED) is 0.270. The van der Waals surface area contributed by atoms with Gasteiger partial charge in [-0.25, -0.2) is 0 Å². The molecule has 1 aromatic heterocycles. The Bertz CT molecular complexity index is 1320. The average molecular weight is 415 g/mol. The Balaban J connectivity index is 1.78. The fourth-order valence-electron chi connectivity index (χ4n) is 4.04. The van der Waals surface area contributed by atoms with Crippen molar-refractivity contribution in [3.63, 3.8) is 0 Å². The third-order valence-electron chi connectivity index (χ3n) is 5.55. The van der Waals surface area contributed by atoms with Crippen molar-refractivity contribution in [3.8, 4) is 22.5 Å². The maximum atomic E-state index is 13.8. The highest BCUT2D eigenvalue weighted by Crippen LogP contribution is 2.40. The first-order valence-electron chi connectivity index (χ1n) is 10.7. The summed E-state index contributed by atoms with van der Waals surface area (Å²) < 4.78 is 6.51. The number of carbonyl (C=O) groups excluding carboxylic acids is 1. The van der Waals surface area contributed by atoms with E-state index in [0.717, 1.165) is 28.0 Å². The minimum absolute atomic E-state index is 0.0358. The summed E-state index contributed by atoms with van der Waals surface area (Å²) in [5, 5.41) is 0. The molecule has 0 saturated carbocycles. The molecule has 0 aliphatic rings. The third kappa shape index (κ3) is 3.91. The topological polar surface area (TPSA) is 30.2 Å². The van der Waals surface area contributed by atoms with Crippen molar-refractivity contribution in [3.05, 3.63) is 144 Å². The number of benzene rings is 4. The largest absolute Gasteiger partial charge is 0.459 e. The number of rotatable bonds is 6. The van der Waals surface area contributed by atoms with E-state index in [4.69, 9.17) is 4.42 Å². The number of carbonyl (C=O) groups is 1. The highest BCUT2D eigenvalue weighted by Gasteiger charge is 2.28. The third-order valence-corrected chi connectivity index (χ3v) is 5.55. The Morgan fingerprint density at radius 1 is 0.594 bits per heavy atom. The number of furan rings is 1. The lowest BCUT2D eigenvalue weighted by atomic mass is 9.91. The highest BCUT2D eigenvalue weighted by molar-refractivity contribution is 6.16. The molecule has 0 spiro atoms. The van der Waals surface area contributed by atoms with Crippen LogP contribution in [0.1, 0.15) is 27.2 Å². The lowest BCUT2D eigenvalue weighted by Gasteiger charge is -2.08. The Morgan fingerprint density at radius 2 is 1.09 bits per heavy atom. The van der Waals surface area contributed by atoms with E-state index >= 15 is 0 Å². The summed E-state index contributed by atoms with van der Waals surface area (Å²) in [6, 6.07) is 39.5. The van der Waals surface area contributed by atoms with Crippen LogP contribution >= 0.6 is 0 Å². The van der Waals surface area contributed by atoms with Crippen LogP contribution in [0.4, 0.5) is 0 Å². The second-order valence-corrected chi connectivity index (χ2v) is 7.69. The minimum atomic E-state index is -0.0358. The Labute approximate surface area is 187 Å². The Kier molecular flexibility index (Phi) is 5.50. The van der Waals surface area contributed by atoms with Crippen LogP contribution < -0.4 is 0 Å².